The summed E-state index contributed by atoms with van der Waals surface area (Å²) in [5.41, 5.74) is 2.85. The molecule has 132 valence electrons. The van der Waals surface area contributed by atoms with Crippen LogP contribution in [-0.2, 0) is 4.74 Å². The van der Waals surface area contributed by atoms with Crippen LogP contribution in [0.15, 0.2) is 41.7 Å². The average Bonchev–Trinajstić information content (AvgIpc) is 3.02. The molecule has 3 aromatic rings. The number of fused-ring (bicyclic) bond motifs is 1. The molecule has 0 atom stereocenters. The number of hydrogen-bond acceptors (Lipinski definition) is 6. The first-order chi connectivity index (χ1) is 12.2. The molecule has 0 aliphatic rings. The van der Waals surface area contributed by atoms with Crippen LogP contribution in [0.4, 0.5) is 0 Å². The molecule has 2 aromatic heterocycles. The van der Waals surface area contributed by atoms with Crippen molar-refractivity contribution in [2.45, 2.75) is 18.5 Å². The number of para-hydroxylation sites is 2. The number of pyridine rings is 1. The average molecular weight is 398 g/mol. The topological polar surface area (TPSA) is 77.1 Å². The van der Waals surface area contributed by atoms with Crippen molar-refractivity contribution >= 4 is 27.9 Å². The van der Waals surface area contributed by atoms with Crippen LogP contribution < -0.4 is 56.1 Å². The third-order valence-electron chi connectivity index (χ3n) is 3.66. The molecule has 1 aromatic carbocycles. The maximum Gasteiger partial charge on any atom is 1.00 e. The Hall–Kier alpha value is -0.744. The fraction of sp³-hybridized carbons (Fsp3) is 0.278. The summed E-state index contributed by atoms with van der Waals surface area (Å²) >= 11 is 1.03. The van der Waals surface area contributed by atoms with E-state index in [1.165, 1.54) is 0 Å². The van der Waals surface area contributed by atoms with Crippen molar-refractivity contribution in [2.75, 3.05) is 20.3 Å². The van der Waals surface area contributed by atoms with Crippen LogP contribution in [0.5, 0.6) is 5.75 Å². The first-order valence-electron chi connectivity index (χ1n) is 7.93. The van der Waals surface area contributed by atoms with Gasteiger partial charge in [-0.15, -0.1) is 0 Å². The van der Waals surface area contributed by atoms with Crippen molar-refractivity contribution in [3.05, 3.63) is 47.8 Å². The van der Waals surface area contributed by atoms with Gasteiger partial charge in [-0.05, 0) is 36.9 Å². The van der Waals surface area contributed by atoms with Crippen LogP contribution in [0.25, 0.3) is 11.0 Å². The molecule has 0 unspecified atom stereocenters. The number of imidazole rings is 1. The zero-order valence-corrected chi connectivity index (χ0v) is 19.1. The summed E-state index contributed by atoms with van der Waals surface area (Å²) in [6, 6.07) is 9.43. The number of aromatic amines is 1. The molecule has 8 heteroatoms. The number of carbonyl (C=O) groups is 1. The van der Waals surface area contributed by atoms with Crippen LogP contribution in [0.1, 0.15) is 23.9 Å². The van der Waals surface area contributed by atoms with E-state index in [9.17, 15) is 4.79 Å². The predicted molar refractivity (Wildman–Crippen MR) is 98.4 cm³/mol. The maximum atomic E-state index is 12.6. The standard InChI is InChI=1S/C18H19N3O3S.K.H/c1-12-15(24-11-5-10-23-2)8-9-19-16(12)17(22)25-18-20-13-6-3-4-7-14(13)21-18;;/h3-4,6-9H,5,10-11H2,1-2H3,(H,20,21);;/q;+1;-1. The second-order valence-electron chi connectivity index (χ2n) is 5.43. The van der Waals surface area contributed by atoms with E-state index in [4.69, 9.17) is 9.47 Å². The number of aromatic nitrogens is 3. The van der Waals surface area contributed by atoms with E-state index in [-0.39, 0.29) is 57.9 Å². The monoisotopic (exact) mass is 397 g/mol. The van der Waals surface area contributed by atoms with E-state index in [1.54, 1.807) is 19.4 Å². The Morgan fingerprint density at radius 2 is 2.08 bits per heavy atom. The number of H-pyrrole nitrogens is 1. The van der Waals surface area contributed by atoms with Gasteiger partial charge in [0, 0.05) is 31.9 Å². The normalized spacial score (nSPS) is 10.5. The van der Waals surface area contributed by atoms with Gasteiger partial charge in [0.15, 0.2) is 5.16 Å². The van der Waals surface area contributed by atoms with Crippen molar-refractivity contribution in [3.8, 4) is 5.75 Å². The Morgan fingerprint density at radius 1 is 1.27 bits per heavy atom. The molecule has 0 saturated heterocycles. The molecule has 3 rings (SSSR count). The number of benzene rings is 1. The fourth-order valence-electron chi connectivity index (χ4n) is 2.38. The number of hydrogen-bond donors (Lipinski definition) is 1. The van der Waals surface area contributed by atoms with Crippen molar-refractivity contribution < 1.29 is 67.1 Å². The molecule has 0 fully saturated rings. The number of nitrogens with one attached hydrogen (secondary N) is 1. The first-order valence-corrected chi connectivity index (χ1v) is 8.75. The SMILES string of the molecule is COCCCOc1ccnc(C(=O)Sc2nc3ccccc3[nH]2)c1C.[H-].[K+]. The summed E-state index contributed by atoms with van der Waals surface area (Å²) in [6.07, 6.45) is 2.38. The molecule has 0 saturated carbocycles. The third kappa shape index (κ3) is 5.38. The van der Waals surface area contributed by atoms with Gasteiger partial charge >= 0.3 is 51.4 Å². The molecule has 1 N–H and O–H groups in total. The van der Waals surface area contributed by atoms with Crippen LogP contribution in [0.3, 0.4) is 0 Å². The van der Waals surface area contributed by atoms with Crippen LogP contribution in [0, 0.1) is 6.92 Å². The number of carbonyl (C=O) groups excluding carboxylic acids is 1. The second-order valence-corrected chi connectivity index (χ2v) is 6.39. The molecular formula is C18H20KN3O3S. The molecule has 6 nitrogen and oxygen atoms in total. The molecular weight excluding hydrogens is 377 g/mol. The molecule has 0 spiro atoms. The number of rotatable bonds is 7. The van der Waals surface area contributed by atoms with Crippen LogP contribution in [-0.4, -0.2) is 40.4 Å². The van der Waals surface area contributed by atoms with E-state index >= 15 is 0 Å². The maximum absolute atomic E-state index is 12.6. The Balaban J connectivity index is 0.00000182. The molecule has 26 heavy (non-hydrogen) atoms. The molecule has 0 aliphatic heterocycles. The Morgan fingerprint density at radius 3 is 2.85 bits per heavy atom. The van der Waals surface area contributed by atoms with Gasteiger partial charge in [0.2, 0.25) is 5.12 Å². The minimum atomic E-state index is -0.168. The zero-order chi connectivity index (χ0) is 17.6. The largest absolute Gasteiger partial charge is 1.00 e. The number of methoxy groups -OCH3 is 1. The predicted octanol–water partition coefficient (Wildman–Crippen LogP) is 0.731. The summed E-state index contributed by atoms with van der Waals surface area (Å²) < 4.78 is 10.7. The van der Waals surface area contributed by atoms with Gasteiger partial charge in [0.05, 0.1) is 17.6 Å². The van der Waals surface area contributed by atoms with E-state index in [1.807, 2.05) is 31.2 Å². The van der Waals surface area contributed by atoms with E-state index < -0.39 is 0 Å². The van der Waals surface area contributed by atoms with Gasteiger partial charge in [-0.1, -0.05) is 12.1 Å². The molecule has 0 bridgehead atoms. The van der Waals surface area contributed by atoms with Gasteiger partial charge in [-0.25, -0.2) is 4.98 Å². The number of thioether (sulfide) groups is 1. The number of ether oxygens (including phenoxy) is 2. The van der Waals surface area contributed by atoms with Crippen molar-refractivity contribution in [2.24, 2.45) is 0 Å². The smallest absolute Gasteiger partial charge is 1.00 e. The van der Waals surface area contributed by atoms with E-state index in [0.29, 0.717) is 29.8 Å². The van der Waals surface area contributed by atoms with Crippen molar-refractivity contribution in [1.29, 1.82) is 0 Å². The quantitative estimate of drug-likeness (QED) is 0.360. The van der Waals surface area contributed by atoms with Crippen LogP contribution >= 0.6 is 11.8 Å². The molecule has 0 amide bonds. The first kappa shape index (κ1) is 21.6. The van der Waals surface area contributed by atoms with Crippen LogP contribution in [0.2, 0.25) is 0 Å². The Kier molecular flexibility index (Phi) is 8.75. The summed E-state index contributed by atoms with van der Waals surface area (Å²) in [4.78, 5) is 24.4. The minimum Gasteiger partial charge on any atom is -1.00 e. The van der Waals surface area contributed by atoms with Gasteiger partial charge in [-0.2, -0.15) is 0 Å². The van der Waals surface area contributed by atoms with Crippen molar-refractivity contribution in [3.63, 3.8) is 0 Å². The Labute approximate surface area is 200 Å². The summed E-state index contributed by atoms with van der Waals surface area (Å²) in [7, 11) is 1.66. The van der Waals surface area contributed by atoms with E-state index in [2.05, 4.69) is 15.0 Å². The molecule has 0 radical (unpaired) electrons. The molecule has 0 aliphatic carbocycles. The van der Waals surface area contributed by atoms with Gasteiger partial charge < -0.3 is 15.9 Å². The van der Waals surface area contributed by atoms with E-state index in [0.717, 1.165) is 34.8 Å². The Bertz CT molecular complexity index is 858. The van der Waals surface area contributed by atoms with Crippen molar-refractivity contribution in [1.82, 2.24) is 15.0 Å². The minimum absolute atomic E-state index is 0. The summed E-state index contributed by atoms with van der Waals surface area (Å²) in [5.74, 6) is 0.666. The number of nitrogens with zero attached hydrogens (tertiary/aromatic N) is 2. The summed E-state index contributed by atoms with van der Waals surface area (Å²) in [6.45, 7) is 3.01. The van der Waals surface area contributed by atoms with Gasteiger partial charge in [0.25, 0.3) is 0 Å². The fourth-order valence-corrected chi connectivity index (χ4v) is 3.16. The third-order valence-corrected chi connectivity index (χ3v) is 4.42. The molecule has 2 heterocycles. The summed E-state index contributed by atoms with van der Waals surface area (Å²) in [5, 5.41) is 0.387. The zero-order valence-electron chi connectivity index (χ0n) is 16.1. The van der Waals surface area contributed by atoms with Gasteiger partial charge in [0.1, 0.15) is 11.4 Å². The second kappa shape index (κ2) is 10.6. The van der Waals surface area contributed by atoms with Gasteiger partial charge in [-0.3, -0.25) is 9.78 Å².